The fourth-order valence-corrected chi connectivity index (χ4v) is 3.18. The second-order valence-corrected chi connectivity index (χ2v) is 7.21. The Bertz CT molecular complexity index is 1150. The third-order valence-corrected chi connectivity index (χ3v) is 4.28. The molecule has 10 heteroatoms. The lowest BCUT2D eigenvalue weighted by atomic mass is 9.96. The van der Waals surface area contributed by atoms with E-state index in [9.17, 15) is 17.9 Å². The Morgan fingerprint density at radius 2 is 1.85 bits per heavy atom. The van der Waals surface area contributed by atoms with Crippen molar-refractivity contribution in [2.24, 2.45) is 0 Å². The van der Waals surface area contributed by atoms with Crippen molar-refractivity contribution in [3.05, 3.63) is 41.8 Å². The lowest BCUT2D eigenvalue weighted by molar-refractivity contribution is 0.382. The minimum Gasteiger partial charge on any atom is -0.507 e. The second-order valence-electron chi connectivity index (χ2n) is 6.19. The van der Waals surface area contributed by atoms with Gasteiger partial charge in [-0.25, -0.2) is 14.4 Å². The number of phenols is 1. The third kappa shape index (κ3) is 3.91. The Labute approximate surface area is 154 Å². The predicted octanol–water partition coefficient (Wildman–Crippen LogP) is 3.03. The molecule has 0 saturated heterocycles. The number of aromatic hydroxyl groups is 1. The number of aromatic nitrogens is 2. The number of rotatable bonds is 4. The van der Waals surface area contributed by atoms with Crippen LogP contribution in [0.2, 0.25) is 0 Å². The highest BCUT2D eigenvalue weighted by molar-refractivity contribution is 7.81. The van der Waals surface area contributed by atoms with Gasteiger partial charge in [0.15, 0.2) is 5.75 Å². The van der Waals surface area contributed by atoms with E-state index in [-0.39, 0.29) is 45.4 Å². The molecule has 0 spiro atoms. The van der Waals surface area contributed by atoms with Crippen LogP contribution in [0.5, 0.6) is 11.5 Å². The standard InChI is InChI=1S/C17H16FN3O5S/c1-8(2)16-14(22)5-10(6-15(16)26-27(23,24)25)9-3-12(18)11-7-20-17(19)21-13(11)4-9/h3-8,22H,1-2H3,(H2,19,20,21)(H,23,24,25). The number of benzene rings is 2. The maximum atomic E-state index is 14.4. The smallest absolute Gasteiger partial charge is 0.446 e. The number of nitrogen functional groups attached to an aromatic ring is 1. The summed E-state index contributed by atoms with van der Waals surface area (Å²) in [4.78, 5) is 7.71. The minimum atomic E-state index is -4.82. The van der Waals surface area contributed by atoms with Crippen molar-refractivity contribution in [1.82, 2.24) is 9.97 Å². The van der Waals surface area contributed by atoms with E-state index in [4.69, 9.17) is 10.3 Å². The maximum absolute atomic E-state index is 14.4. The lowest BCUT2D eigenvalue weighted by Crippen LogP contribution is -2.09. The molecule has 0 fully saturated rings. The van der Waals surface area contributed by atoms with E-state index in [0.29, 0.717) is 5.56 Å². The Morgan fingerprint density at radius 3 is 2.48 bits per heavy atom. The molecule has 1 aromatic heterocycles. The molecule has 0 unspecified atom stereocenters. The van der Waals surface area contributed by atoms with Gasteiger partial charge in [0.05, 0.1) is 10.9 Å². The molecule has 0 radical (unpaired) electrons. The molecule has 0 saturated carbocycles. The van der Waals surface area contributed by atoms with Crippen LogP contribution in [0.25, 0.3) is 22.0 Å². The third-order valence-electron chi connectivity index (χ3n) is 3.89. The summed E-state index contributed by atoms with van der Waals surface area (Å²) in [6, 6.07) is 5.33. The van der Waals surface area contributed by atoms with Crippen molar-refractivity contribution in [2.45, 2.75) is 19.8 Å². The molecule has 0 aliphatic heterocycles. The number of anilines is 1. The van der Waals surface area contributed by atoms with E-state index in [0.717, 1.165) is 0 Å². The molecule has 142 valence electrons. The first-order valence-electron chi connectivity index (χ1n) is 7.81. The first-order chi connectivity index (χ1) is 12.5. The molecule has 3 rings (SSSR count). The highest BCUT2D eigenvalue weighted by atomic mass is 32.3. The van der Waals surface area contributed by atoms with Gasteiger partial charge in [0.2, 0.25) is 5.95 Å². The summed E-state index contributed by atoms with van der Waals surface area (Å²) >= 11 is 0. The number of nitrogens with zero attached hydrogens (tertiary/aromatic N) is 2. The number of hydrogen-bond donors (Lipinski definition) is 3. The summed E-state index contributed by atoms with van der Waals surface area (Å²) in [5, 5.41) is 10.5. The predicted molar refractivity (Wildman–Crippen MR) is 97.3 cm³/mol. The van der Waals surface area contributed by atoms with Crippen LogP contribution in [0.4, 0.5) is 10.3 Å². The van der Waals surface area contributed by atoms with Gasteiger partial charge in [-0.1, -0.05) is 13.8 Å². The Kier molecular flexibility index (Phi) is 4.62. The Hall–Kier alpha value is -2.98. The van der Waals surface area contributed by atoms with Crippen LogP contribution in [0.1, 0.15) is 25.3 Å². The molecule has 0 aliphatic carbocycles. The summed E-state index contributed by atoms with van der Waals surface area (Å²) in [6.07, 6.45) is 1.25. The highest BCUT2D eigenvalue weighted by Gasteiger charge is 2.20. The number of halogens is 1. The van der Waals surface area contributed by atoms with Crippen LogP contribution in [0.3, 0.4) is 0 Å². The minimum absolute atomic E-state index is 0.0348. The molecule has 1 heterocycles. The van der Waals surface area contributed by atoms with Gasteiger partial charge >= 0.3 is 10.4 Å². The summed E-state index contributed by atoms with van der Waals surface area (Å²) in [5.74, 6) is -1.48. The van der Waals surface area contributed by atoms with Crippen molar-refractivity contribution in [3.63, 3.8) is 0 Å². The number of fused-ring (bicyclic) bond motifs is 1. The summed E-state index contributed by atoms with van der Waals surface area (Å²) in [7, 11) is -4.82. The zero-order valence-electron chi connectivity index (χ0n) is 14.3. The molecule has 0 amide bonds. The number of phenolic OH excluding ortho intramolecular Hbond substituents is 1. The Balaban J connectivity index is 2.24. The molecular formula is C17H16FN3O5S. The van der Waals surface area contributed by atoms with Crippen LogP contribution in [0.15, 0.2) is 30.5 Å². The SMILES string of the molecule is CC(C)c1c(O)cc(-c2cc(F)c3cnc(N)nc3c2)cc1OS(=O)(=O)O. The maximum Gasteiger partial charge on any atom is 0.446 e. The number of hydrogen-bond acceptors (Lipinski definition) is 7. The van der Waals surface area contributed by atoms with Crippen LogP contribution in [-0.4, -0.2) is 28.0 Å². The van der Waals surface area contributed by atoms with Crippen molar-refractivity contribution in [3.8, 4) is 22.6 Å². The quantitative estimate of drug-likeness (QED) is 0.576. The zero-order chi connectivity index (χ0) is 19.9. The molecular weight excluding hydrogens is 377 g/mol. The molecule has 0 aliphatic rings. The summed E-state index contributed by atoms with van der Waals surface area (Å²) in [5.41, 5.74) is 6.51. The van der Waals surface area contributed by atoms with Crippen molar-refractivity contribution < 1.29 is 26.7 Å². The van der Waals surface area contributed by atoms with Gasteiger partial charge < -0.3 is 15.0 Å². The number of nitrogens with two attached hydrogens (primary N) is 1. The average Bonchev–Trinajstić information content (AvgIpc) is 2.51. The summed E-state index contributed by atoms with van der Waals surface area (Å²) < 4.78 is 50.3. The van der Waals surface area contributed by atoms with E-state index >= 15 is 0 Å². The van der Waals surface area contributed by atoms with Gasteiger partial charge in [-0.3, -0.25) is 4.55 Å². The van der Waals surface area contributed by atoms with Gasteiger partial charge in [-0.15, -0.1) is 0 Å². The van der Waals surface area contributed by atoms with Crippen LogP contribution >= 0.6 is 0 Å². The van der Waals surface area contributed by atoms with E-state index in [1.165, 1.54) is 30.5 Å². The molecule has 0 atom stereocenters. The molecule has 4 N–H and O–H groups in total. The van der Waals surface area contributed by atoms with Crippen LogP contribution in [0, 0.1) is 5.82 Å². The fraction of sp³-hybridized carbons (Fsp3) is 0.176. The zero-order valence-corrected chi connectivity index (χ0v) is 15.2. The van der Waals surface area contributed by atoms with E-state index in [1.54, 1.807) is 13.8 Å². The first-order valence-corrected chi connectivity index (χ1v) is 9.17. The molecule has 3 aromatic rings. The Morgan fingerprint density at radius 1 is 1.19 bits per heavy atom. The largest absolute Gasteiger partial charge is 0.507 e. The lowest BCUT2D eigenvalue weighted by Gasteiger charge is -2.16. The average molecular weight is 393 g/mol. The monoisotopic (exact) mass is 393 g/mol. The first kappa shape index (κ1) is 18.8. The normalized spacial score (nSPS) is 11.9. The van der Waals surface area contributed by atoms with Crippen molar-refractivity contribution in [1.29, 1.82) is 0 Å². The van der Waals surface area contributed by atoms with E-state index in [1.807, 2.05) is 0 Å². The topological polar surface area (TPSA) is 136 Å². The second kappa shape index (κ2) is 6.63. The van der Waals surface area contributed by atoms with Gasteiger partial charge in [-0.05, 0) is 41.3 Å². The van der Waals surface area contributed by atoms with E-state index in [2.05, 4.69) is 14.2 Å². The molecule has 27 heavy (non-hydrogen) atoms. The van der Waals surface area contributed by atoms with Crippen molar-refractivity contribution >= 4 is 27.3 Å². The summed E-state index contributed by atoms with van der Waals surface area (Å²) in [6.45, 7) is 3.42. The van der Waals surface area contributed by atoms with Crippen LogP contribution in [-0.2, 0) is 10.4 Å². The fourth-order valence-electron chi connectivity index (χ4n) is 2.81. The van der Waals surface area contributed by atoms with E-state index < -0.39 is 16.2 Å². The van der Waals surface area contributed by atoms with Gasteiger partial charge in [0.25, 0.3) is 0 Å². The molecule has 0 bridgehead atoms. The molecule has 8 nitrogen and oxygen atoms in total. The highest BCUT2D eigenvalue weighted by Crippen LogP contribution is 2.40. The molecule has 2 aromatic carbocycles. The van der Waals surface area contributed by atoms with Crippen molar-refractivity contribution in [2.75, 3.05) is 5.73 Å². The van der Waals surface area contributed by atoms with Gasteiger partial charge in [-0.2, -0.15) is 8.42 Å². The van der Waals surface area contributed by atoms with Gasteiger partial charge in [0, 0.05) is 11.8 Å². The van der Waals surface area contributed by atoms with Gasteiger partial charge in [0.1, 0.15) is 11.6 Å². The van der Waals surface area contributed by atoms with Crippen LogP contribution < -0.4 is 9.92 Å².